The number of aryl methyl sites for hydroxylation is 1. The Balaban J connectivity index is 3.23. The van der Waals surface area contributed by atoms with Gasteiger partial charge in [-0.3, -0.25) is 0 Å². The zero-order valence-corrected chi connectivity index (χ0v) is 10.7. The van der Waals surface area contributed by atoms with E-state index in [1.54, 1.807) is 4.90 Å². The number of aliphatic imine (C=N–C) groups is 1. The summed E-state index contributed by atoms with van der Waals surface area (Å²) in [5, 5.41) is 10.1. The summed E-state index contributed by atoms with van der Waals surface area (Å²) < 4.78 is 0. The van der Waals surface area contributed by atoms with Gasteiger partial charge in [-0.1, -0.05) is 0 Å². The van der Waals surface area contributed by atoms with Gasteiger partial charge in [-0.2, -0.15) is 5.26 Å². The topological polar surface area (TPSA) is 39.4 Å². The van der Waals surface area contributed by atoms with E-state index in [0.717, 1.165) is 10.4 Å². The van der Waals surface area contributed by atoms with Gasteiger partial charge in [-0.05, 0) is 31.0 Å². The van der Waals surface area contributed by atoms with Crippen LogP contribution in [0.15, 0.2) is 4.99 Å². The van der Waals surface area contributed by atoms with Gasteiger partial charge in [0.1, 0.15) is 11.1 Å². The summed E-state index contributed by atoms with van der Waals surface area (Å²) in [6, 6.07) is 2.16. The molecule has 1 heterocycles. The van der Waals surface area contributed by atoms with Crippen molar-refractivity contribution in [3.63, 3.8) is 0 Å². The summed E-state index contributed by atoms with van der Waals surface area (Å²) >= 11 is 7.40. The van der Waals surface area contributed by atoms with E-state index in [0.29, 0.717) is 15.9 Å². The van der Waals surface area contributed by atoms with Gasteiger partial charge in [-0.25, -0.2) is 4.99 Å². The molecule has 80 valence electrons. The maximum Gasteiger partial charge on any atom is 0.199 e. The molecule has 15 heavy (non-hydrogen) atoms. The lowest BCUT2D eigenvalue weighted by molar-refractivity contribution is 0.635. The fourth-order valence-electron chi connectivity index (χ4n) is 1.00. The molecule has 1 aromatic heterocycles. The van der Waals surface area contributed by atoms with Crippen molar-refractivity contribution >= 4 is 33.2 Å². The van der Waals surface area contributed by atoms with E-state index in [2.05, 4.69) is 11.1 Å². The molecular formula is C10H12ClN3S. The van der Waals surface area contributed by atoms with Crippen molar-refractivity contribution in [2.24, 2.45) is 4.99 Å². The molecule has 0 aromatic carbocycles. The molecule has 5 heteroatoms. The van der Waals surface area contributed by atoms with Crippen LogP contribution in [0.3, 0.4) is 0 Å². The molecule has 3 nitrogen and oxygen atoms in total. The molecule has 1 rings (SSSR count). The van der Waals surface area contributed by atoms with Crippen LogP contribution in [0.1, 0.15) is 16.0 Å². The highest BCUT2D eigenvalue weighted by Crippen LogP contribution is 2.34. The van der Waals surface area contributed by atoms with Crippen molar-refractivity contribution in [3.8, 4) is 6.07 Å². The molecule has 0 saturated heterocycles. The molecule has 0 radical (unpaired) electrons. The molecule has 0 bridgehead atoms. The summed E-state index contributed by atoms with van der Waals surface area (Å²) in [6.45, 7) is 3.90. The van der Waals surface area contributed by atoms with Crippen molar-refractivity contribution in [3.05, 3.63) is 16.0 Å². The largest absolute Gasteiger partial charge is 0.353 e. The quantitative estimate of drug-likeness (QED) is 0.431. The molecule has 0 atom stereocenters. The Bertz CT molecular complexity index is 440. The second-order valence-electron chi connectivity index (χ2n) is 3.35. The smallest absolute Gasteiger partial charge is 0.199 e. The number of nitriles is 1. The fraction of sp³-hybridized carbons (Fsp3) is 0.400. The molecule has 0 unspecified atom stereocenters. The highest BCUT2D eigenvalue weighted by Gasteiger charge is 2.12. The van der Waals surface area contributed by atoms with Crippen molar-refractivity contribution in [2.75, 3.05) is 14.1 Å². The third-order valence-electron chi connectivity index (χ3n) is 2.04. The Hall–Kier alpha value is -1.05. The number of amidine groups is 1. The highest BCUT2D eigenvalue weighted by atomic mass is 35.5. The first-order valence-electron chi connectivity index (χ1n) is 4.39. The normalized spacial score (nSPS) is 11.3. The molecule has 0 aliphatic carbocycles. The van der Waals surface area contributed by atoms with Gasteiger partial charge in [0.05, 0.1) is 5.56 Å². The Morgan fingerprint density at radius 2 is 2.07 bits per heavy atom. The molecule has 0 fully saturated rings. The van der Waals surface area contributed by atoms with Gasteiger partial charge >= 0.3 is 0 Å². The fourth-order valence-corrected chi connectivity index (χ4v) is 2.12. The average Bonchev–Trinajstić information content (AvgIpc) is 2.42. The van der Waals surface area contributed by atoms with Crippen LogP contribution in [0.2, 0.25) is 0 Å². The maximum atomic E-state index is 8.99. The van der Waals surface area contributed by atoms with Gasteiger partial charge in [0.2, 0.25) is 0 Å². The highest BCUT2D eigenvalue weighted by molar-refractivity contribution is 7.16. The zero-order chi connectivity index (χ0) is 11.6. The van der Waals surface area contributed by atoms with Crippen LogP contribution in [0.5, 0.6) is 0 Å². The minimum atomic E-state index is 0.382. The van der Waals surface area contributed by atoms with Crippen molar-refractivity contribution < 1.29 is 0 Å². The lowest BCUT2D eigenvalue weighted by Gasteiger charge is -2.07. The van der Waals surface area contributed by atoms with Crippen molar-refractivity contribution in [1.29, 1.82) is 5.26 Å². The van der Waals surface area contributed by atoms with Gasteiger partial charge in [0.25, 0.3) is 0 Å². The van der Waals surface area contributed by atoms with E-state index >= 15 is 0 Å². The molecule has 0 N–H and O–H groups in total. The summed E-state index contributed by atoms with van der Waals surface area (Å²) in [4.78, 5) is 7.02. The predicted molar refractivity (Wildman–Crippen MR) is 65.1 cm³/mol. The van der Waals surface area contributed by atoms with Crippen LogP contribution in [0, 0.1) is 25.2 Å². The zero-order valence-electron chi connectivity index (χ0n) is 9.13. The Labute approximate surface area is 98.6 Å². The number of thiophene rings is 1. The van der Waals surface area contributed by atoms with Crippen LogP contribution in [0.25, 0.3) is 0 Å². The Kier molecular flexibility index (Phi) is 3.72. The van der Waals surface area contributed by atoms with E-state index in [9.17, 15) is 0 Å². The lowest BCUT2D eigenvalue weighted by Crippen LogP contribution is -2.15. The summed E-state index contributed by atoms with van der Waals surface area (Å²) in [5.74, 6) is 0. The van der Waals surface area contributed by atoms with E-state index in [1.165, 1.54) is 11.3 Å². The Morgan fingerprint density at radius 1 is 1.47 bits per heavy atom. The van der Waals surface area contributed by atoms with E-state index < -0.39 is 0 Å². The van der Waals surface area contributed by atoms with Crippen LogP contribution >= 0.6 is 22.9 Å². The van der Waals surface area contributed by atoms with Gasteiger partial charge < -0.3 is 4.90 Å². The summed E-state index contributed by atoms with van der Waals surface area (Å²) in [7, 11) is 3.62. The first-order chi connectivity index (χ1) is 6.97. The average molecular weight is 242 g/mol. The SMILES string of the molecule is Cc1sc(/N=C(\Cl)N(C)C)c(C#N)c1C. The van der Waals surface area contributed by atoms with Crippen molar-refractivity contribution in [1.82, 2.24) is 4.90 Å². The lowest BCUT2D eigenvalue weighted by atomic mass is 10.2. The summed E-state index contributed by atoms with van der Waals surface area (Å²) in [5.41, 5.74) is 1.61. The standard InChI is InChI=1S/C10H12ClN3S/c1-6-7(2)15-9(8(6)5-12)13-10(11)14(3)4/h1-4H3/b13-10+. The van der Waals surface area contributed by atoms with Crippen LogP contribution < -0.4 is 0 Å². The minimum Gasteiger partial charge on any atom is -0.353 e. The van der Waals surface area contributed by atoms with Gasteiger partial charge in [0, 0.05) is 19.0 Å². The number of halogens is 1. The number of hydrogen-bond donors (Lipinski definition) is 0. The third-order valence-corrected chi connectivity index (χ3v) is 3.57. The van der Waals surface area contributed by atoms with Crippen LogP contribution in [-0.4, -0.2) is 24.3 Å². The number of rotatable bonds is 1. The first-order valence-corrected chi connectivity index (χ1v) is 5.58. The number of hydrogen-bond acceptors (Lipinski definition) is 3. The Morgan fingerprint density at radius 3 is 2.53 bits per heavy atom. The van der Waals surface area contributed by atoms with Gasteiger partial charge in [-0.15, -0.1) is 11.3 Å². The van der Waals surface area contributed by atoms with Crippen molar-refractivity contribution in [2.45, 2.75) is 13.8 Å². The first kappa shape index (κ1) is 12.0. The monoisotopic (exact) mass is 241 g/mol. The van der Waals surface area contributed by atoms with Gasteiger partial charge in [0.15, 0.2) is 5.29 Å². The second-order valence-corrected chi connectivity index (χ2v) is 4.89. The van der Waals surface area contributed by atoms with Crippen LogP contribution in [-0.2, 0) is 0 Å². The molecular weight excluding hydrogens is 230 g/mol. The third kappa shape index (κ3) is 2.49. The van der Waals surface area contributed by atoms with Crippen LogP contribution in [0.4, 0.5) is 5.00 Å². The van der Waals surface area contributed by atoms with E-state index in [1.807, 2.05) is 27.9 Å². The van der Waals surface area contributed by atoms with E-state index in [-0.39, 0.29) is 0 Å². The molecule has 0 aliphatic rings. The predicted octanol–water partition coefficient (Wildman–Crippen LogP) is 3.02. The minimum absolute atomic E-state index is 0.382. The maximum absolute atomic E-state index is 8.99. The molecule has 0 aliphatic heterocycles. The molecule has 0 saturated carbocycles. The number of nitrogens with zero attached hydrogens (tertiary/aromatic N) is 3. The van der Waals surface area contributed by atoms with E-state index in [4.69, 9.17) is 16.9 Å². The molecule has 0 spiro atoms. The second kappa shape index (κ2) is 4.65. The molecule has 1 aromatic rings. The molecule has 0 amide bonds. The summed E-state index contributed by atoms with van der Waals surface area (Å²) in [6.07, 6.45) is 0.